The third kappa shape index (κ3) is 16.6. The Balaban J connectivity index is 0.000000241. The van der Waals surface area contributed by atoms with E-state index in [1.807, 2.05) is 97.1 Å². The van der Waals surface area contributed by atoms with Gasteiger partial charge in [-0.3, -0.25) is 19.2 Å². The van der Waals surface area contributed by atoms with Crippen LogP contribution in [0.25, 0.3) is 24.3 Å². The van der Waals surface area contributed by atoms with Gasteiger partial charge in [0.2, 0.25) is 0 Å². The summed E-state index contributed by atoms with van der Waals surface area (Å²) in [6.45, 7) is 14.9. The van der Waals surface area contributed by atoms with Gasteiger partial charge in [-0.1, -0.05) is 148 Å². The molecule has 6 aromatic carbocycles. The zero-order valence-electron chi connectivity index (χ0n) is 35.9. The molecule has 0 aliphatic rings. The fourth-order valence-electron chi connectivity index (χ4n) is 6.15. The Morgan fingerprint density at radius 2 is 0.469 bits per heavy atom. The highest BCUT2D eigenvalue weighted by Gasteiger charge is 2.11. The third-order valence-corrected chi connectivity index (χ3v) is 9.91. The van der Waals surface area contributed by atoms with Crippen molar-refractivity contribution in [1.82, 2.24) is 0 Å². The summed E-state index contributed by atoms with van der Waals surface area (Å²) in [5, 5.41) is 0. The van der Waals surface area contributed by atoms with Crippen LogP contribution in [0, 0.1) is 0 Å². The first kappa shape index (κ1) is 47.2. The molecular formula is C56H52O8. The van der Waals surface area contributed by atoms with Gasteiger partial charge in [-0.05, 0) is 119 Å². The molecule has 0 saturated heterocycles. The predicted molar refractivity (Wildman–Crippen MR) is 255 cm³/mol. The normalized spacial score (nSPS) is 10.2. The van der Waals surface area contributed by atoms with Crippen LogP contribution in [0.1, 0.15) is 70.2 Å². The second-order valence-corrected chi connectivity index (χ2v) is 14.6. The number of carbonyl (C=O) groups is 4. The van der Waals surface area contributed by atoms with Crippen molar-refractivity contribution in [2.45, 2.75) is 51.4 Å². The monoisotopic (exact) mass is 852 g/mol. The number of hydrogen-bond donors (Lipinski definition) is 0. The van der Waals surface area contributed by atoms with Gasteiger partial charge in [0, 0.05) is 25.7 Å². The fraction of sp³-hybridized carbons (Fsp3) is 0.143. The minimum Gasteiger partial charge on any atom is -0.427 e. The van der Waals surface area contributed by atoms with Gasteiger partial charge in [0.1, 0.15) is 23.0 Å². The van der Waals surface area contributed by atoms with E-state index in [0.717, 1.165) is 44.5 Å². The molecule has 0 atom stereocenters. The standard InChI is InChI=1S/2C28H26O4/c2*1-3-21-5-9-23(10-6-21)13-19-27(29)31-25-15-17-26(18-16-25)32-28(30)20-14-24-11-7-22(4-2)8-12-24/h2*3-12,15-18H,1-2,13-14,19-20H2. The van der Waals surface area contributed by atoms with Crippen LogP contribution < -0.4 is 18.9 Å². The predicted octanol–water partition coefficient (Wildman–Crippen LogP) is 12.1. The SMILES string of the molecule is C=Cc1ccc(CCC(=O)Oc2ccc(OC(=O)CCc3ccc(C=C)cc3)cc2)cc1.C=Cc1ccc(CCC(=O)Oc2ccc(OC(=O)CCc3ccc(C=C)cc3)cc2)cc1. The summed E-state index contributed by atoms with van der Waals surface area (Å²) in [6, 6.07) is 44.5. The Kier molecular flexibility index (Phi) is 18.6. The highest BCUT2D eigenvalue weighted by Crippen LogP contribution is 2.21. The first-order valence-electron chi connectivity index (χ1n) is 21.0. The van der Waals surface area contributed by atoms with Crippen LogP contribution in [0.15, 0.2) is 172 Å². The average molecular weight is 853 g/mol. The molecule has 6 aromatic rings. The number of esters is 4. The van der Waals surface area contributed by atoms with E-state index in [0.29, 0.717) is 48.7 Å². The lowest BCUT2D eigenvalue weighted by Gasteiger charge is -2.07. The number of benzene rings is 6. The summed E-state index contributed by atoms with van der Waals surface area (Å²) in [5.74, 6) is 0.404. The summed E-state index contributed by atoms with van der Waals surface area (Å²) in [7, 11) is 0. The number of ether oxygens (including phenoxy) is 4. The molecule has 0 radical (unpaired) electrons. The molecule has 0 aliphatic heterocycles. The minimum atomic E-state index is -0.315. The van der Waals surface area contributed by atoms with Gasteiger partial charge < -0.3 is 18.9 Å². The van der Waals surface area contributed by atoms with Gasteiger partial charge in [-0.15, -0.1) is 0 Å². The van der Waals surface area contributed by atoms with Crippen LogP contribution >= 0.6 is 0 Å². The van der Waals surface area contributed by atoms with Gasteiger partial charge in [-0.2, -0.15) is 0 Å². The van der Waals surface area contributed by atoms with E-state index in [-0.39, 0.29) is 49.6 Å². The third-order valence-electron chi connectivity index (χ3n) is 9.91. The van der Waals surface area contributed by atoms with Gasteiger partial charge >= 0.3 is 23.9 Å². The van der Waals surface area contributed by atoms with Crippen molar-refractivity contribution in [2.24, 2.45) is 0 Å². The summed E-state index contributed by atoms with van der Waals surface area (Å²) in [4.78, 5) is 48.4. The smallest absolute Gasteiger partial charge is 0.311 e. The molecule has 8 heteroatoms. The molecule has 0 saturated carbocycles. The maximum Gasteiger partial charge on any atom is 0.311 e. The van der Waals surface area contributed by atoms with Crippen molar-refractivity contribution in [3.05, 3.63) is 216 Å². The van der Waals surface area contributed by atoms with Crippen molar-refractivity contribution >= 4 is 48.2 Å². The number of aryl methyl sites for hydroxylation is 4. The minimum absolute atomic E-state index is 0.276. The van der Waals surface area contributed by atoms with E-state index < -0.39 is 0 Å². The molecule has 8 nitrogen and oxygen atoms in total. The Hall–Kier alpha value is -7.84. The second kappa shape index (κ2) is 25.2. The second-order valence-electron chi connectivity index (χ2n) is 14.6. The first-order chi connectivity index (χ1) is 31.1. The molecule has 0 spiro atoms. The van der Waals surface area contributed by atoms with Crippen LogP contribution in [-0.2, 0) is 44.9 Å². The van der Waals surface area contributed by atoms with Crippen molar-refractivity contribution in [1.29, 1.82) is 0 Å². The molecule has 324 valence electrons. The summed E-state index contributed by atoms with van der Waals surface area (Å²) < 4.78 is 21.5. The first-order valence-corrected chi connectivity index (χ1v) is 21.0. The Labute approximate surface area is 375 Å². The quantitative estimate of drug-likeness (QED) is 0.0552. The Bertz CT molecular complexity index is 2130. The molecule has 0 bridgehead atoms. The van der Waals surface area contributed by atoms with Crippen LogP contribution in [0.3, 0.4) is 0 Å². The van der Waals surface area contributed by atoms with Gasteiger partial charge in [0.25, 0.3) is 0 Å². The number of hydrogen-bond acceptors (Lipinski definition) is 8. The molecule has 0 aromatic heterocycles. The molecule has 0 heterocycles. The lowest BCUT2D eigenvalue weighted by atomic mass is 10.1. The number of rotatable bonds is 20. The zero-order valence-corrected chi connectivity index (χ0v) is 35.9. The van der Waals surface area contributed by atoms with E-state index in [1.165, 1.54) is 0 Å². The van der Waals surface area contributed by atoms with Crippen molar-refractivity contribution in [3.63, 3.8) is 0 Å². The van der Waals surface area contributed by atoms with E-state index in [9.17, 15) is 19.2 Å². The molecular weight excluding hydrogens is 801 g/mol. The summed E-state index contributed by atoms with van der Waals surface area (Å²) in [6.07, 6.45) is 10.6. The number of carbonyl (C=O) groups excluding carboxylic acids is 4. The highest BCUT2D eigenvalue weighted by molar-refractivity contribution is 5.75. The topological polar surface area (TPSA) is 105 Å². The van der Waals surface area contributed by atoms with Crippen LogP contribution in [0.5, 0.6) is 23.0 Å². The molecule has 0 fully saturated rings. The van der Waals surface area contributed by atoms with Crippen LogP contribution in [0.2, 0.25) is 0 Å². The summed E-state index contributed by atoms with van der Waals surface area (Å²) in [5.41, 5.74) is 8.41. The lowest BCUT2D eigenvalue weighted by Crippen LogP contribution is -2.10. The highest BCUT2D eigenvalue weighted by atomic mass is 16.5. The van der Waals surface area contributed by atoms with Gasteiger partial charge in [-0.25, -0.2) is 0 Å². The maximum absolute atomic E-state index is 12.1. The van der Waals surface area contributed by atoms with Gasteiger partial charge in [0.05, 0.1) is 0 Å². The van der Waals surface area contributed by atoms with Crippen molar-refractivity contribution < 1.29 is 38.1 Å². The largest absolute Gasteiger partial charge is 0.427 e. The van der Waals surface area contributed by atoms with E-state index in [1.54, 1.807) is 72.8 Å². The van der Waals surface area contributed by atoms with E-state index in [2.05, 4.69) is 26.3 Å². The average Bonchev–Trinajstić information content (AvgIpc) is 3.33. The molecule has 0 N–H and O–H groups in total. The Morgan fingerprint density at radius 3 is 0.625 bits per heavy atom. The van der Waals surface area contributed by atoms with Crippen molar-refractivity contribution in [3.8, 4) is 23.0 Å². The summed E-state index contributed by atoms with van der Waals surface area (Å²) >= 11 is 0. The van der Waals surface area contributed by atoms with Gasteiger partial charge in [0.15, 0.2) is 0 Å². The molecule has 6 rings (SSSR count). The fourth-order valence-corrected chi connectivity index (χ4v) is 6.15. The van der Waals surface area contributed by atoms with Crippen LogP contribution in [0.4, 0.5) is 0 Å². The molecule has 0 aliphatic carbocycles. The maximum atomic E-state index is 12.1. The van der Waals surface area contributed by atoms with E-state index >= 15 is 0 Å². The van der Waals surface area contributed by atoms with Crippen LogP contribution in [-0.4, -0.2) is 23.9 Å². The van der Waals surface area contributed by atoms with Crippen molar-refractivity contribution in [2.75, 3.05) is 0 Å². The molecule has 64 heavy (non-hydrogen) atoms. The lowest BCUT2D eigenvalue weighted by molar-refractivity contribution is -0.135. The zero-order chi connectivity index (χ0) is 45.5. The Morgan fingerprint density at radius 1 is 0.297 bits per heavy atom. The molecule has 0 unspecified atom stereocenters. The van der Waals surface area contributed by atoms with E-state index in [4.69, 9.17) is 18.9 Å². The molecule has 0 amide bonds.